The van der Waals surface area contributed by atoms with Gasteiger partial charge in [-0.15, -0.1) is 0 Å². The van der Waals surface area contributed by atoms with Crippen molar-refractivity contribution in [2.75, 3.05) is 26.2 Å². The zero-order chi connectivity index (χ0) is 14.2. The molecule has 116 valence electrons. The van der Waals surface area contributed by atoms with Crippen LogP contribution >= 0.6 is 0 Å². The van der Waals surface area contributed by atoms with E-state index in [9.17, 15) is 0 Å². The fraction of sp³-hybridized carbons (Fsp3) is 0.765. The number of aryl methyl sites for hydroxylation is 1. The van der Waals surface area contributed by atoms with Gasteiger partial charge in [-0.2, -0.15) is 0 Å². The average Bonchev–Trinajstić information content (AvgIpc) is 3.37. The van der Waals surface area contributed by atoms with Crippen LogP contribution in [0.3, 0.4) is 0 Å². The van der Waals surface area contributed by atoms with Crippen LogP contribution in [-0.4, -0.2) is 48.1 Å². The number of nitrogens with one attached hydrogen (secondary N) is 1. The molecule has 0 aromatic carbocycles. The monoisotopic (exact) mass is 289 g/mol. The van der Waals surface area contributed by atoms with Gasteiger partial charge in [-0.05, 0) is 44.2 Å². The first-order chi connectivity index (χ1) is 10.3. The van der Waals surface area contributed by atoms with Gasteiger partial charge in [0.15, 0.2) is 0 Å². The van der Waals surface area contributed by atoms with E-state index in [4.69, 9.17) is 4.42 Å². The topological polar surface area (TPSA) is 31.6 Å². The number of piperazine rings is 1. The summed E-state index contributed by atoms with van der Waals surface area (Å²) in [5, 5.41) is 3.54. The van der Waals surface area contributed by atoms with Gasteiger partial charge in [-0.1, -0.05) is 0 Å². The Morgan fingerprint density at radius 3 is 2.57 bits per heavy atom. The van der Waals surface area contributed by atoms with E-state index in [0.29, 0.717) is 0 Å². The highest BCUT2D eigenvalue weighted by Crippen LogP contribution is 2.28. The minimum absolute atomic E-state index is 0.744. The molecule has 1 aromatic heterocycles. The predicted molar refractivity (Wildman–Crippen MR) is 83.2 cm³/mol. The maximum absolute atomic E-state index is 6.06. The smallest absolute Gasteiger partial charge is 0.120 e. The zero-order valence-electron chi connectivity index (χ0n) is 13.1. The molecule has 0 unspecified atom stereocenters. The van der Waals surface area contributed by atoms with Crippen LogP contribution in [0.1, 0.15) is 42.8 Å². The third kappa shape index (κ3) is 3.50. The van der Waals surface area contributed by atoms with Crippen molar-refractivity contribution in [2.24, 2.45) is 0 Å². The van der Waals surface area contributed by atoms with Gasteiger partial charge in [0.05, 0.1) is 13.1 Å². The Balaban J connectivity index is 1.28. The SMILES string of the molecule is Cc1cc(CN2CCN(C3CC3)CC2)oc1CNC1CC1. The highest BCUT2D eigenvalue weighted by molar-refractivity contribution is 5.20. The summed E-state index contributed by atoms with van der Waals surface area (Å²) in [6, 6.07) is 3.89. The van der Waals surface area contributed by atoms with Crippen molar-refractivity contribution in [3.05, 3.63) is 23.2 Å². The first kappa shape index (κ1) is 13.8. The average molecular weight is 289 g/mol. The number of hydrogen-bond acceptors (Lipinski definition) is 4. The van der Waals surface area contributed by atoms with Crippen LogP contribution < -0.4 is 5.32 Å². The van der Waals surface area contributed by atoms with Crippen LogP contribution in [0, 0.1) is 6.92 Å². The lowest BCUT2D eigenvalue weighted by molar-refractivity contribution is 0.115. The summed E-state index contributed by atoms with van der Waals surface area (Å²) >= 11 is 0. The first-order valence-electron chi connectivity index (χ1n) is 8.56. The molecule has 1 aliphatic heterocycles. The van der Waals surface area contributed by atoms with Crippen LogP contribution in [0.5, 0.6) is 0 Å². The minimum Gasteiger partial charge on any atom is -0.463 e. The van der Waals surface area contributed by atoms with Crippen LogP contribution in [-0.2, 0) is 13.1 Å². The van der Waals surface area contributed by atoms with Gasteiger partial charge in [0.25, 0.3) is 0 Å². The highest BCUT2D eigenvalue weighted by Gasteiger charge is 2.31. The molecule has 21 heavy (non-hydrogen) atoms. The van der Waals surface area contributed by atoms with Crippen molar-refractivity contribution in [1.82, 2.24) is 15.1 Å². The van der Waals surface area contributed by atoms with Crippen LogP contribution in [0.4, 0.5) is 0 Å². The summed E-state index contributed by atoms with van der Waals surface area (Å²) in [6.45, 7) is 8.88. The Kier molecular flexibility index (Phi) is 3.78. The van der Waals surface area contributed by atoms with E-state index >= 15 is 0 Å². The molecular formula is C17H27N3O. The van der Waals surface area contributed by atoms with E-state index in [1.807, 2.05) is 0 Å². The minimum atomic E-state index is 0.744. The summed E-state index contributed by atoms with van der Waals surface area (Å²) in [5.41, 5.74) is 1.30. The van der Waals surface area contributed by atoms with Gasteiger partial charge in [-0.3, -0.25) is 9.80 Å². The van der Waals surface area contributed by atoms with E-state index in [2.05, 4.69) is 28.1 Å². The first-order valence-corrected chi connectivity index (χ1v) is 8.56. The third-order valence-corrected chi connectivity index (χ3v) is 5.05. The van der Waals surface area contributed by atoms with Gasteiger partial charge < -0.3 is 9.73 Å². The van der Waals surface area contributed by atoms with E-state index in [1.54, 1.807) is 0 Å². The molecule has 1 aromatic rings. The second kappa shape index (κ2) is 5.75. The molecule has 4 nitrogen and oxygen atoms in total. The van der Waals surface area contributed by atoms with Crippen LogP contribution in [0.25, 0.3) is 0 Å². The van der Waals surface area contributed by atoms with Crippen LogP contribution in [0.15, 0.2) is 10.5 Å². The lowest BCUT2D eigenvalue weighted by Gasteiger charge is -2.34. The highest BCUT2D eigenvalue weighted by atomic mass is 16.3. The predicted octanol–water partition coefficient (Wildman–Crippen LogP) is 2.12. The maximum atomic E-state index is 6.06. The summed E-state index contributed by atoms with van der Waals surface area (Å²) in [7, 11) is 0. The van der Waals surface area contributed by atoms with Gasteiger partial charge in [0.1, 0.15) is 11.5 Å². The molecule has 1 N–H and O–H groups in total. The van der Waals surface area contributed by atoms with Gasteiger partial charge in [0.2, 0.25) is 0 Å². The molecular weight excluding hydrogens is 262 g/mol. The second-order valence-corrected chi connectivity index (χ2v) is 7.02. The standard InChI is InChI=1S/C17H27N3O/c1-13-10-16(21-17(13)11-18-14-2-3-14)12-19-6-8-20(9-7-19)15-4-5-15/h10,14-15,18H,2-9,11-12H2,1H3. The lowest BCUT2D eigenvalue weighted by Crippen LogP contribution is -2.46. The fourth-order valence-corrected chi connectivity index (χ4v) is 3.31. The number of furan rings is 1. The molecule has 0 amide bonds. The van der Waals surface area contributed by atoms with Crippen molar-refractivity contribution in [3.8, 4) is 0 Å². The molecule has 2 heterocycles. The van der Waals surface area contributed by atoms with Crippen molar-refractivity contribution in [1.29, 1.82) is 0 Å². The summed E-state index contributed by atoms with van der Waals surface area (Å²) in [4.78, 5) is 5.20. The third-order valence-electron chi connectivity index (χ3n) is 5.05. The quantitative estimate of drug-likeness (QED) is 0.869. The largest absolute Gasteiger partial charge is 0.463 e. The molecule has 0 radical (unpaired) electrons. The molecule has 0 atom stereocenters. The Morgan fingerprint density at radius 1 is 1.14 bits per heavy atom. The number of hydrogen-bond donors (Lipinski definition) is 1. The van der Waals surface area contributed by atoms with Crippen LogP contribution in [0.2, 0.25) is 0 Å². The molecule has 2 aliphatic carbocycles. The molecule has 0 bridgehead atoms. The number of rotatable bonds is 6. The van der Waals surface area contributed by atoms with Gasteiger partial charge >= 0.3 is 0 Å². The summed E-state index contributed by atoms with van der Waals surface area (Å²) in [6.07, 6.45) is 5.51. The van der Waals surface area contributed by atoms with E-state index in [1.165, 1.54) is 57.4 Å². The summed E-state index contributed by atoms with van der Waals surface area (Å²) < 4.78 is 6.06. The van der Waals surface area contributed by atoms with E-state index in [0.717, 1.165) is 36.7 Å². The molecule has 3 fully saturated rings. The van der Waals surface area contributed by atoms with E-state index in [-0.39, 0.29) is 0 Å². The Labute approximate surface area is 127 Å². The lowest BCUT2D eigenvalue weighted by atomic mass is 10.2. The Morgan fingerprint density at radius 2 is 1.90 bits per heavy atom. The Hall–Kier alpha value is -0.840. The molecule has 3 aliphatic rings. The summed E-state index contributed by atoms with van der Waals surface area (Å²) in [5.74, 6) is 2.27. The molecule has 2 saturated carbocycles. The Bertz CT molecular complexity index is 482. The fourth-order valence-electron chi connectivity index (χ4n) is 3.31. The van der Waals surface area contributed by atoms with Gasteiger partial charge in [0, 0.05) is 38.3 Å². The van der Waals surface area contributed by atoms with Crippen molar-refractivity contribution < 1.29 is 4.42 Å². The molecule has 0 spiro atoms. The van der Waals surface area contributed by atoms with Gasteiger partial charge in [-0.25, -0.2) is 0 Å². The molecule has 1 saturated heterocycles. The van der Waals surface area contributed by atoms with E-state index < -0.39 is 0 Å². The van der Waals surface area contributed by atoms with Crippen molar-refractivity contribution in [2.45, 2.75) is 57.8 Å². The molecule has 4 heteroatoms. The normalized spacial score (nSPS) is 24.6. The number of nitrogens with zero attached hydrogens (tertiary/aromatic N) is 2. The van der Waals surface area contributed by atoms with Crippen molar-refractivity contribution in [3.63, 3.8) is 0 Å². The maximum Gasteiger partial charge on any atom is 0.120 e. The zero-order valence-corrected chi connectivity index (χ0v) is 13.1. The molecule has 4 rings (SSSR count). The van der Waals surface area contributed by atoms with Crippen molar-refractivity contribution >= 4 is 0 Å². The second-order valence-electron chi connectivity index (χ2n) is 7.02.